The van der Waals surface area contributed by atoms with Crippen LogP contribution in [-0.4, -0.2) is 62.0 Å². The summed E-state index contributed by atoms with van der Waals surface area (Å²) in [6.07, 6.45) is 5.78. The predicted molar refractivity (Wildman–Crippen MR) is 67.6 cm³/mol. The normalized spacial score (nSPS) is 16.6. The van der Waals surface area contributed by atoms with Crippen LogP contribution in [0.25, 0.3) is 0 Å². The Morgan fingerprint density at radius 2 is 1.38 bits per heavy atom. The van der Waals surface area contributed by atoms with Crippen LogP contribution in [0.3, 0.4) is 0 Å². The van der Waals surface area contributed by atoms with Crippen molar-refractivity contribution in [2.45, 2.75) is 12.8 Å². The van der Waals surface area contributed by atoms with Crippen LogP contribution in [0.4, 0.5) is 0 Å². The SMILES string of the molecule is CN(C)C=O.CS(C)=O.O=S1(=O)CCCC1. The number of nitrogens with zero attached hydrogens (tertiary/aromatic N) is 1. The van der Waals surface area contributed by atoms with Gasteiger partial charge in [-0.15, -0.1) is 0 Å². The van der Waals surface area contributed by atoms with E-state index in [1.807, 2.05) is 0 Å². The van der Waals surface area contributed by atoms with Crippen LogP contribution in [0.5, 0.6) is 0 Å². The summed E-state index contributed by atoms with van der Waals surface area (Å²) < 4.78 is 30.4. The first-order chi connectivity index (χ1) is 7.21. The van der Waals surface area contributed by atoms with E-state index >= 15 is 0 Å². The van der Waals surface area contributed by atoms with Crippen LogP contribution < -0.4 is 0 Å². The third-order valence-corrected chi connectivity index (χ3v) is 3.19. The second-order valence-corrected chi connectivity index (χ2v) is 7.46. The quantitative estimate of drug-likeness (QED) is 0.624. The number of carbonyl (C=O) groups is 1. The maximum absolute atomic E-state index is 10.4. The Kier molecular flexibility index (Phi) is 11.0. The molecule has 0 aromatic carbocycles. The summed E-state index contributed by atoms with van der Waals surface area (Å²) in [5.41, 5.74) is 0. The van der Waals surface area contributed by atoms with Gasteiger partial charge >= 0.3 is 0 Å². The Balaban J connectivity index is 0. The van der Waals surface area contributed by atoms with Gasteiger partial charge in [0.25, 0.3) is 0 Å². The minimum Gasteiger partial charge on any atom is -0.351 e. The number of hydrogen-bond acceptors (Lipinski definition) is 4. The van der Waals surface area contributed by atoms with Crippen LogP contribution >= 0.6 is 0 Å². The molecule has 0 bridgehead atoms. The first-order valence-corrected chi connectivity index (χ1v) is 8.57. The monoisotopic (exact) mass is 271 g/mol. The fourth-order valence-electron chi connectivity index (χ4n) is 0.746. The summed E-state index contributed by atoms with van der Waals surface area (Å²) in [6, 6.07) is 0. The summed E-state index contributed by atoms with van der Waals surface area (Å²) in [6.45, 7) is 0. The Bertz CT molecular complexity index is 283. The van der Waals surface area contributed by atoms with Gasteiger partial charge < -0.3 is 4.90 Å². The topological polar surface area (TPSA) is 71.5 Å². The van der Waals surface area contributed by atoms with Crippen molar-refractivity contribution in [3.63, 3.8) is 0 Å². The molecule has 1 rings (SSSR count). The van der Waals surface area contributed by atoms with Crippen molar-refractivity contribution in [3.8, 4) is 0 Å². The van der Waals surface area contributed by atoms with E-state index < -0.39 is 20.6 Å². The number of carbonyl (C=O) groups excluding carboxylic acids is 1. The van der Waals surface area contributed by atoms with Gasteiger partial charge in [-0.25, -0.2) is 8.42 Å². The molecule has 7 heteroatoms. The average Bonchev–Trinajstić information content (AvgIpc) is 2.50. The van der Waals surface area contributed by atoms with E-state index in [2.05, 4.69) is 0 Å². The minimum atomic E-state index is -2.55. The molecule has 0 spiro atoms. The highest BCUT2D eigenvalue weighted by molar-refractivity contribution is 7.91. The zero-order valence-electron chi connectivity index (χ0n) is 10.3. The summed E-state index contributed by atoms with van der Waals surface area (Å²) in [4.78, 5) is 10.9. The van der Waals surface area contributed by atoms with Gasteiger partial charge in [-0.2, -0.15) is 0 Å². The molecule has 5 nitrogen and oxygen atoms in total. The van der Waals surface area contributed by atoms with E-state index in [-0.39, 0.29) is 0 Å². The van der Waals surface area contributed by atoms with Gasteiger partial charge in [-0.1, -0.05) is 0 Å². The highest BCUT2D eigenvalue weighted by Gasteiger charge is 2.16. The maximum atomic E-state index is 10.4. The van der Waals surface area contributed by atoms with Crippen LogP contribution in [0, 0.1) is 0 Å². The molecule has 1 amide bonds. The van der Waals surface area contributed by atoms with E-state index in [1.54, 1.807) is 26.6 Å². The highest BCUT2D eigenvalue weighted by atomic mass is 32.2. The molecule has 0 N–H and O–H groups in total. The molecule has 1 heterocycles. The smallest absolute Gasteiger partial charge is 0.209 e. The molecule has 16 heavy (non-hydrogen) atoms. The standard InChI is InChI=1S/C4H8O2S.C3H7NO.C2H6OS/c5-7(6)3-1-2-4-7;1-4(2)3-5;1-4(2)3/h1-4H2;3H,1-2H3;1-2H3. The second kappa shape index (κ2) is 9.77. The lowest BCUT2D eigenvalue weighted by Gasteiger charge is -1.93. The summed E-state index contributed by atoms with van der Waals surface area (Å²) in [5, 5.41) is 0. The Morgan fingerprint density at radius 3 is 1.44 bits per heavy atom. The first-order valence-electron chi connectivity index (χ1n) is 4.78. The molecule has 0 aromatic heterocycles. The molecular weight excluding hydrogens is 250 g/mol. The average molecular weight is 271 g/mol. The van der Waals surface area contributed by atoms with Gasteiger partial charge in [0, 0.05) is 37.4 Å². The largest absolute Gasteiger partial charge is 0.351 e. The Labute approximate surface area is 101 Å². The predicted octanol–water partition coefficient (Wildman–Crippen LogP) is -0.106. The fourth-order valence-corrected chi connectivity index (χ4v) is 2.24. The van der Waals surface area contributed by atoms with Crippen molar-refractivity contribution in [2.75, 3.05) is 38.1 Å². The zero-order chi connectivity index (χ0) is 13.2. The van der Waals surface area contributed by atoms with Crippen LogP contribution in [0.1, 0.15) is 12.8 Å². The summed E-state index contributed by atoms with van der Waals surface area (Å²) >= 11 is 0. The third-order valence-electron chi connectivity index (χ3n) is 1.37. The van der Waals surface area contributed by atoms with Gasteiger partial charge in [0.1, 0.15) is 9.84 Å². The maximum Gasteiger partial charge on any atom is 0.209 e. The number of amides is 1. The van der Waals surface area contributed by atoms with E-state index in [0.29, 0.717) is 11.5 Å². The van der Waals surface area contributed by atoms with Crippen molar-refractivity contribution < 1.29 is 17.4 Å². The lowest BCUT2D eigenvalue weighted by atomic mass is 10.4. The number of rotatable bonds is 1. The first kappa shape index (κ1) is 17.9. The summed E-state index contributed by atoms with van der Waals surface area (Å²) in [7, 11) is 0.218. The van der Waals surface area contributed by atoms with Crippen molar-refractivity contribution in [1.82, 2.24) is 4.90 Å². The molecule has 1 aliphatic rings. The molecule has 0 aliphatic carbocycles. The lowest BCUT2D eigenvalue weighted by molar-refractivity contribution is -0.115. The molecular formula is C9H21NO4S2. The summed E-state index contributed by atoms with van der Waals surface area (Å²) in [5.74, 6) is 0.847. The van der Waals surface area contributed by atoms with Crippen molar-refractivity contribution in [1.29, 1.82) is 0 Å². The van der Waals surface area contributed by atoms with Crippen molar-refractivity contribution in [3.05, 3.63) is 0 Å². The fraction of sp³-hybridized carbons (Fsp3) is 0.889. The molecule has 0 aromatic rings. The Hall–Kier alpha value is -0.430. The van der Waals surface area contributed by atoms with Gasteiger partial charge in [0.15, 0.2) is 0 Å². The lowest BCUT2D eigenvalue weighted by Crippen LogP contribution is -2.06. The Morgan fingerprint density at radius 1 is 1.12 bits per heavy atom. The highest BCUT2D eigenvalue weighted by Crippen LogP contribution is 2.08. The molecule has 1 saturated heterocycles. The van der Waals surface area contributed by atoms with Crippen molar-refractivity contribution in [2.24, 2.45) is 0 Å². The molecule has 1 aliphatic heterocycles. The van der Waals surface area contributed by atoms with Gasteiger partial charge in [0.2, 0.25) is 6.41 Å². The van der Waals surface area contributed by atoms with E-state index in [4.69, 9.17) is 0 Å². The van der Waals surface area contributed by atoms with Crippen LogP contribution in [-0.2, 0) is 25.4 Å². The number of sulfone groups is 1. The van der Waals surface area contributed by atoms with E-state index in [0.717, 1.165) is 19.3 Å². The second-order valence-electron chi connectivity index (χ2n) is 3.67. The van der Waals surface area contributed by atoms with Gasteiger partial charge in [0.05, 0.1) is 11.5 Å². The number of hydrogen-bond donors (Lipinski definition) is 0. The molecule has 0 saturated carbocycles. The van der Waals surface area contributed by atoms with Gasteiger partial charge in [-0.05, 0) is 12.8 Å². The molecule has 1 fully saturated rings. The van der Waals surface area contributed by atoms with Crippen LogP contribution in [0.2, 0.25) is 0 Å². The van der Waals surface area contributed by atoms with Crippen molar-refractivity contribution >= 4 is 27.0 Å². The molecule has 98 valence electrons. The van der Waals surface area contributed by atoms with Gasteiger partial charge in [-0.3, -0.25) is 9.00 Å². The third kappa shape index (κ3) is 19.2. The zero-order valence-corrected chi connectivity index (χ0v) is 11.9. The molecule has 0 atom stereocenters. The minimum absolute atomic E-state index is 0.424. The van der Waals surface area contributed by atoms with E-state index in [9.17, 15) is 17.4 Å². The molecule has 0 unspecified atom stereocenters. The van der Waals surface area contributed by atoms with E-state index in [1.165, 1.54) is 4.90 Å². The van der Waals surface area contributed by atoms with Crippen LogP contribution in [0.15, 0.2) is 0 Å². The molecule has 0 radical (unpaired) electrons.